The molecule has 1 saturated heterocycles. The zero-order chi connectivity index (χ0) is 13.9. The van der Waals surface area contributed by atoms with Crippen molar-refractivity contribution >= 4 is 38.9 Å². The van der Waals surface area contributed by atoms with E-state index in [-0.39, 0.29) is 5.91 Å². The maximum Gasteiger partial charge on any atom is 0.220 e. The van der Waals surface area contributed by atoms with Crippen molar-refractivity contribution in [3.8, 4) is 0 Å². The molecule has 1 aliphatic rings. The number of thiophene rings is 1. The first-order chi connectivity index (χ1) is 9.74. The lowest BCUT2D eigenvalue weighted by atomic mass is 10.1. The van der Waals surface area contributed by atoms with Gasteiger partial charge in [0.25, 0.3) is 0 Å². The Bertz CT molecular complexity index is 619. The molecular formula is C15H16ClNO2S. The van der Waals surface area contributed by atoms with Crippen LogP contribution in [0.15, 0.2) is 24.3 Å². The standard InChI is InChI=1S/C15H16ClNO2S/c16-15-11-3-1-2-4-12(11)20-13(15)8-17-14(18)7-10-5-6-19-9-10/h1-4,10H,5-9H2,(H,17,18)/t10-/m1/s1. The van der Waals surface area contributed by atoms with E-state index in [9.17, 15) is 4.79 Å². The van der Waals surface area contributed by atoms with Gasteiger partial charge >= 0.3 is 0 Å². The quantitative estimate of drug-likeness (QED) is 0.937. The van der Waals surface area contributed by atoms with E-state index in [1.807, 2.05) is 24.3 Å². The van der Waals surface area contributed by atoms with Gasteiger partial charge in [-0.1, -0.05) is 29.8 Å². The van der Waals surface area contributed by atoms with Crippen molar-refractivity contribution in [1.82, 2.24) is 5.32 Å². The summed E-state index contributed by atoms with van der Waals surface area (Å²) in [5.74, 6) is 0.446. The molecule has 0 unspecified atom stereocenters. The fourth-order valence-electron chi connectivity index (χ4n) is 2.44. The van der Waals surface area contributed by atoms with Gasteiger partial charge < -0.3 is 10.1 Å². The smallest absolute Gasteiger partial charge is 0.220 e. The van der Waals surface area contributed by atoms with Crippen molar-refractivity contribution in [1.29, 1.82) is 0 Å². The molecule has 20 heavy (non-hydrogen) atoms. The highest BCUT2D eigenvalue weighted by atomic mass is 35.5. The number of hydrogen-bond acceptors (Lipinski definition) is 3. The number of carbonyl (C=O) groups is 1. The maximum atomic E-state index is 11.9. The van der Waals surface area contributed by atoms with Gasteiger partial charge in [-0.15, -0.1) is 11.3 Å². The minimum atomic E-state index is 0.0778. The monoisotopic (exact) mass is 309 g/mol. The molecule has 1 aliphatic heterocycles. The molecule has 3 nitrogen and oxygen atoms in total. The van der Waals surface area contributed by atoms with Gasteiger partial charge in [-0.3, -0.25) is 4.79 Å². The van der Waals surface area contributed by atoms with E-state index in [0.29, 0.717) is 25.5 Å². The Kier molecular flexibility index (Phi) is 4.24. The van der Waals surface area contributed by atoms with E-state index in [2.05, 4.69) is 5.32 Å². The number of hydrogen-bond donors (Lipinski definition) is 1. The molecule has 0 bridgehead atoms. The molecule has 1 amide bonds. The molecule has 0 aliphatic carbocycles. The maximum absolute atomic E-state index is 11.9. The van der Waals surface area contributed by atoms with E-state index in [4.69, 9.17) is 16.3 Å². The lowest BCUT2D eigenvalue weighted by molar-refractivity contribution is -0.122. The van der Waals surface area contributed by atoms with Gasteiger partial charge in [0.2, 0.25) is 5.91 Å². The van der Waals surface area contributed by atoms with Gasteiger partial charge in [-0.25, -0.2) is 0 Å². The normalized spacial score (nSPS) is 18.6. The molecule has 5 heteroatoms. The van der Waals surface area contributed by atoms with Crippen LogP contribution in [-0.4, -0.2) is 19.1 Å². The van der Waals surface area contributed by atoms with Crippen molar-refractivity contribution < 1.29 is 9.53 Å². The van der Waals surface area contributed by atoms with Crippen molar-refractivity contribution in [3.63, 3.8) is 0 Å². The van der Waals surface area contributed by atoms with Crippen molar-refractivity contribution in [3.05, 3.63) is 34.2 Å². The Morgan fingerprint density at radius 2 is 2.30 bits per heavy atom. The molecular weight excluding hydrogens is 294 g/mol. The van der Waals surface area contributed by atoms with Gasteiger partial charge in [-0.2, -0.15) is 0 Å². The van der Waals surface area contributed by atoms with Gasteiger partial charge in [0.15, 0.2) is 0 Å². The number of benzene rings is 1. The Balaban J connectivity index is 1.61. The molecule has 106 valence electrons. The lowest BCUT2D eigenvalue weighted by Crippen LogP contribution is -2.25. The van der Waals surface area contributed by atoms with Crippen LogP contribution in [0, 0.1) is 5.92 Å². The van der Waals surface area contributed by atoms with Crippen LogP contribution in [0.1, 0.15) is 17.7 Å². The first-order valence-electron chi connectivity index (χ1n) is 6.74. The molecule has 2 heterocycles. The van der Waals surface area contributed by atoms with Crippen molar-refractivity contribution in [2.75, 3.05) is 13.2 Å². The molecule has 1 atom stereocenters. The average Bonchev–Trinajstić information content (AvgIpc) is 3.06. The Hall–Kier alpha value is -1.10. The van der Waals surface area contributed by atoms with Crippen molar-refractivity contribution in [2.24, 2.45) is 5.92 Å². The highest BCUT2D eigenvalue weighted by Crippen LogP contribution is 2.34. The second kappa shape index (κ2) is 6.12. The summed E-state index contributed by atoms with van der Waals surface area (Å²) in [6.07, 6.45) is 1.53. The third-order valence-corrected chi connectivity index (χ3v) is 5.26. The van der Waals surface area contributed by atoms with Crippen LogP contribution in [0.25, 0.3) is 10.1 Å². The van der Waals surface area contributed by atoms with Gasteiger partial charge in [-0.05, 0) is 18.4 Å². The summed E-state index contributed by atoms with van der Waals surface area (Å²) < 4.78 is 6.44. The molecule has 0 radical (unpaired) electrons. The zero-order valence-electron chi connectivity index (χ0n) is 11.0. The molecule has 1 fully saturated rings. The third-order valence-electron chi connectivity index (χ3n) is 3.55. The van der Waals surface area contributed by atoms with Crippen LogP contribution in [0.2, 0.25) is 5.02 Å². The van der Waals surface area contributed by atoms with E-state index < -0.39 is 0 Å². The second-order valence-corrected chi connectivity index (χ2v) is 6.56. The molecule has 0 saturated carbocycles. The minimum absolute atomic E-state index is 0.0778. The Morgan fingerprint density at radius 3 is 3.05 bits per heavy atom. The average molecular weight is 310 g/mol. The molecule has 2 aromatic rings. The molecule has 1 aromatic carbocycles. The number of fused-ring (bicyclic) bond motifs is 1. The van der Waals surface area contributed by atoms with Crippen molar-refractivity contribution in [2.45, 2.75) is 19.4 Å². The van der Waals surface area contributed by atoms with Crippen LogP contribution in [-0.2, 0) is 16.1 Å². The molecule has 3 rings (SSSR count). The highest BCUT2D eigenvalue weighted by molar-refractivity contribution is 7.19. The van der Waals surface area contributed by atoms with Crippen LogP contribution in [0.4, 0.5) is 0 Å². The number of halogens is 1. The third kappa shape index (κ3) is 2.97. The van der Waals surface area contributed by atoms with E-state index in [1.54, 1.807) is 11.3 Å². The molecule has 1 aromatic heterocycles. The lowest BCUT2D eigenvalue weighted by Gasteiger charge is -2.07. The van der Waals surface area contributed by atoms with Gasteiger partial charge in [0, 0.05) is 34.6 Å². The number of nitrogens with one attached hydrogen (secondary N) is 1. The second-order valence-electron chi connectivity index (χ2n) is 5.05. The number of carbonyl (C=O) groups excluding carboxylic acids is 1. The number of rotatable bonds is 4. The topological polar surface area (TPSA) is 38.3 Å². The number of ether oxygens (including phenoxy) is 1. The predicted molar refractivity (Wildman–Crippen MR) is 82.2 cm³/mol. The van der Waals surface area contributed by atoms with E-state index >= 15 is 0 Å². The van der Waals surface area contributed by atoms with Crippen LogP contribution >= 0.6 is 22.9 Å². The molecule has 0 spiro atoms. The number of amides is 1. The highest BCUT2D eigenvalue weighted by Gasteiger charge is 2.19. The summed E-state index contributed by atoms with van der Waals surface area (Å²) in [7, 11) is 0. The first kappa shape index (κ1) is 13.9. The summed E-state index contributed by atoms with van der Waals surface area (Å²) in [6.45, 7) is 1.99. The van der Waals surface area contributed by atoms with Crippen LogP contribution in [0.3, 0.4) is 0 Å². The zero-order valence-corrected chi connectivity index (χ0v) is 12.6. The summed E-state index contributed by atoms with van der Waals surface area (Å²) in [5, 5.41) is 4.78. The Morgan fingerprint density at radius 1 is 1.45 bits per heavy atom. The minimum Gasteiger partial charge on any atom is -0.381 e. The molecule has 1 N–H and O–H groups in total. The fourth-order valence-corrected chi connectivity index (χ4v) is 3.88. The first-order valence-corrected chi connectivity index (χ1v) is 7.94. The summed E-state index contributed by atoms with van der Waals surface area (Å²) >= 11 is 7.99. The van der Waals surface area contributed by atoms with Crippen LogP contribution < -0.4 is 5.32 Å². The fraction of sp³-hybridized carbons (Fsp3) is 0.400. The van der Waals surface area contributed by atoms with E-state index in [0.717, 1.165) is 33.0 Å². The van der Waals surface area contributed by atoms with E-state index in [1.165, 1.54) is 0 Å². The van der Waals surface area contributed by atoms with Crippen LogP contribution in [0.5, 0.6) is 0 Å². The Labute approximate surface area is 126 Å². The largest absolute Gasteiger partial charge is 0.381 e. The summed E-state index contributed by atoms with van der Waals surface area (Å²) in [6, 6.07) is 8.03. The SMILES string of the molecule is O=C(C[C@H]1CCOC1)NCc1sc2ccccc2c1Cl. The van der Waals surface area contributed by atoms with Gasteiger partial charge in [0.1, 0.15) is 0 Å². The summed E-state index contributed by atoms with van der Waals surface area (Å²) in [4.78, 5) is 12.9. The predicted octanol–water partition coefficient (Wildman–Crippen LogP) is 3.60. The summed E-state index contributed by atoms with van der Waals surface area (Å²) in [5.41, 5.74) is 0. The van der Waals surface area contributed by atoms with Gasteiger partial charge in [0.05, 0.1) is 11.6 Å².